The second-order valence-electron chi connectivity index (χ2n) is 7.04. The van der Waals surface area contributed by atoms with Gasteiger partial charge in [-0.2, -0.15) is 70.2 Å². The van der Waals surface area contributed by atoms with Gasteiger partial charge in [-0.3, -0.25) is 4.79 Å². The van der Waals surface area contributed by atoms with E-state index in [1.165, 1.54) is 0 Å². The first-order chi connectivity index (χ1) is 16.2. The molecule has 0 aliphatic carbocycles. The maximum absolute atomic E-state index is 13.9. The Morgan fingerprint density at radius 3 is 1.51 bits per heavy atom. The molecule has 0 atom stereocenters. The molecule has 0 aromatic heterocycles. The Morgan fingerprint density at radius 2 is 1.05 bits per heavy atom. The third-order valence-corrected chi connectivity index (χ3v) is 4.88. The lowest BCUT2D eigenvalue weighted by atomic mass is 9.89. The molecule has 4 nitrogen and oxygen atoms in total. The zero-order valence-electron chi connectivity index (χ0n) is 16.6. The van der Waals surface area contributed by atoms with Gasteiger partial charge in [0.05, 0.1) is 0 Å². The highest BCUT2D eigenvalue weighted by Gasteiger charge is 2.95. The van der Waals surface area contributed by atoms with Crippen LogP contribution in [0.25, 0.3) is 0 Å². The Labute approximate surface area is 197 Å². The molecule has 0 saturated carbocycles. The highest BCUT2D eigenvalue weighted by atomic mass is 35.5. The maximum atomic E-state index is 13.9. The molecule has 1 aliphatic rings. The van der Waals surface area contributed by atoms with Crippen molar-refractivity contribution in [3.63, 3.8) is 0 Å². The number of carbonyl (C=O) groups is 1. The molecule has 0 radical (unpaired) electrons. The van der Waals surface area contributed by atoms with E-state index in [0.29, 0.717) is 12.1 Å². The summed E-state index contributed by atoms with van der Waals surface area (Å²) in [7, 11) is 0. The fourth-order valence-electron chi connectivity index (χ4n) is 2.49. The summed E-state index contributed by atoms with van der Waals surface area (Å²) in [5, 5.41) is -6.07. The normalized spacial score (nSPS) is 16.1. The van der Waals surface area contributed by atoms with Gasteiger partial charge in [-0.25, -0.2) is 0 Å². The zero-order chi connectivity index (χ0) is 29.3. The highest BCUT2D eigenvalue weighted by Crippen LogP contribution is 2.64. The zero-order valence-corrected chi connectivity index (χ0v) is 17.3. The van der Waals surface area contributed by atoms with E-state index in [9.17, 15) is 75.0 Å². The largest absolute Gasteiger partial charge is 0.454 e. The summed E-state index contributed by atoms with van der Waals surface area (Å²) in [5.41, 5.74) is -0.986. The van der Waals surface area contributed by atoms with Crippen molar-refractivity contribution in [2.45, 2.75) is 46.8 Å². The quantitative estimate of drug-likeness (QED) is 0.256. The van der Waals surface area contributed by atoms with Crippen LogP contribution in [-0.4, -0.2) is 59.5 Å². The van der Waals surface area contributed by atoms with Crippen molar-refractivity contribution in [2.24, 2.45) is 0 Å². The third-order valence-electron chi connectivity index (χ3n) is 4.64. The van der Waals surface area contributed by atoms with Crippen LogP contribution < -0.4 is 14.8 Å². The minimum atomic E-state index is -8.65. The predicted molar refractivity (Wildman–Crippen MR) is 86.6 cm³/mol. The molecule has 1 amide bonds. The fraction of sp³-hybridized carbons (Fsp3) is 0.562. The van der Waals surface area contributed by atoms with E-state index in [-0.39, 0.29) is 11.5 Å². The molecule has 1 heterocycles. The Kier molecular flexibility index (Phi) is 7.04. The van der Waals surface area contributed by atoms with Crippen LogP contribution >= 0.6 is 11.6 Å². The Bertz CT molecular complexity index is 1050. The van der Waals surface area contributed by atoms with Crippen LogP contribution in [0.1, 0.15) is 0 Å². The van der Waals surface area contributed by atoms with E-state index in [1.807, 2.05) is 0 Å². The summed E-state index contributed by atoms with van der Waals surface area (Å²) in [6, 6.07) is 1.95. The van der Waals surface area contributed by atoms with E-state index < -0.39 is 65.2 Å². The fourth-order valence-corrected chi connectivity index (χ4v) is 2.61. The van der Waals surface area contributed by atoms with Crippen molar-refractivity contribution in [1.82, 2.24) is 0 Å². The van der Waals surface area contributed by atoms with Gasteiger partial charge in [0.2, 0.25) is 6.79 Å². The minimum Gasteiger partial charge on any atom is -0.454 e. The summed E-state index contributed by atoms with van der Waals surface area (Å²) < 4.78 is 225. The van der Waals surface area contributed by atoms with Crippen molar-refractivity contribution in [3.8, 4) is 11.5 Å². The van der Waals surface area contributed by atoms with Gasteiger partial charge in [-0.15, -0.1) is 0 Å². The molecule has 1 aromatic rings. The van der Waals surface area contributed by atoms with Gasteiger partial charge in [0.1, 0.15) is 0 Å². The molecule has 0 saturated heterocycles. The molecule has 21 heteroatoms. The summed E-state index contributed by atoms with van der Waals surface area (Å²) in [6.07, 6.45) is 0. The van der Waals surface area contributed by atoms with Crippen LogP contribution in [0.5, 0.6) is 11.5 Å². The average Bonchev–Trinajstić information content (AvgIpc) is 3.19. The molecule has 0 bridgehead atoms. The van der Waals surface area contributed by atoms with E-state index in [0.717, 1.165) is 11.4 Å². The Morgan fingerprint density at radius 1 is 0.649 bits per heavy atom. The molecule has 1 N–H and O–H groups in total. The number of hydrogen-bond donors (Lipinski definition) is 1. The van der Waals surface area contributed by atoms with Crippen LogP contribution in [0.4, 0.5) is 75.9 Å². The lowest BCUT2D eigenvalue weighted by molar-refractivity contribution is -0.445. The number of carbonyl (C=O) groups excluding carboxylic acids is 1. The first kappa shape index (κ1) is 30.7. The summed E-state index contributed by atoms with van der Waals surface area (Å²) in [5.74, 6) is -61.3. The number of anilines is 1. The van der Waals surface area contributed by atoms with Gasteiger partial charge in [0, 0.05) is 11.8 Å². The van der Waals surface area contributed by atoms with Crippen molar-refractivity contribution >= 4 is 23.2 Å². The third kappa shape index (κ3) is 4.14. The van der Waals surface area contributed by atoms with Crippen molar-refractivity contribution in [2.75, 3.05) is 12.1 Å². The molecule has 1 aromatic carbocycles. The SMILES string of the molecule is O=C(Nc1ccc2c(c1)OCO2)C(F)(F)C(F)(F)C(F)(F)C(F)(F)C(F)(F)C(F)(F)C(F)(F)C(F)(F)Cl. The first-order valence-electron chi connectivity index (χ1n) is 8.64. The number of hydrogen-bond acceptors (Lipinski definition) is 3. The maximum Gasteiger partial charge on any atom is 0.393 e. The number of amides is 1. The highest BCUT2D eigenvalue weighted by molar-refractivity contribution is 6.22. The van der Waals surface area contributed by atoms with E-state index in [2.05, 4.69) is 16.3 Å². The summed E-state index contributed by atoms with van der Waals surface area (Å²) in [4.78, 5) is 11.5. The predicted octanol–water partition coefficient (Wildman–Crippen LogP) is 6.63. The Hall–Kier alpha value is -2.54. The van der Waals surface area contributed by atoms with Crippen LogP contribution in [0, 0.1) is 0 Å². The summed E-state index contributed by atoms with van der Waals surface area (Å²) in [6.45, 7) is -0.476. The van der Waals surface area contributed by atoms with Gasteiger partial charge >= 0.3 is 52.7 Å². The van der Waals surface area contributed by atoms with Gasteiger partial charge in [-0.05, 0) is 23.7 Å². The standard InChI is InChI=1S/C16H6ClF16NO3/c17-16(32,33)15(30,31)14(28,29)13(26,27)12(24,25)11(22,23)10(20,21)9(18,19)8(35)34-5-1-2-6-7(3-5)37-4-36-6/h1-3H,4H2,(H,34,35). The second kappa shape index (κ2) is 8.48. The number of fused-ring (bicyclic) bond motifs is 1. The van der Waals surface area contributed by atoms with Gasteiger partial charge < -0.3 is 14.8 Å². The Balaban J connectivity index is 2.49. The van der Waals surface area contributed by atoms with Crippen molar-refractivity contribution < 1.29 is 84.5 Å². The second-order valence-corrected chi connectivity index (χ2v) is 7.52. The van der Waals surface area contributed by atoms with Crippen LogP contribution in [0.3, 0.4) is 0 Å². The van der Waals surface area contributed by atoms with Gasteiger partial charge in [0.25, 0.3) is 0 Å². The van der Waals surface area contributed by atoms with Crippen molar-refractivity contribution in [3.05, 3.63) is 18.2 Å². The molecular weight excluding hydrogens is 594 g/mol. The molecule has 0 unspecified atom stereocenters. The number of benzene rings is 1. The van der Waals surface area contributed by atoms with E-state index >= 15 is 0 Å². The van der Waals surface area contributed by atoms with Crippen LogP contribution in [-0.2, 0) is 4.79 Å². The molecule has 0 fully saturated rings. The number of rotatable bonds is 9. The molecule has 2 rings (SSSR count). The monoisotopic (exact) mass is 599 g/mol. The first-order valence-corrected chi connectivity index (χ1v) is 9.02. The van der Waals surface area contributed by atoms with Crippen LogP contribution in [0.15, 0.2) is 18.2 Å². The smallest absolute Gasteiger partial charge is 0.393 e. The van der Waals surface area contributed by atoms with E-state index in [1.54, 1.807) is 0 Å². The molecular formula is C16H6ClF16NO3. The number of halogens is 17. The number of alkyl halides is 17. The molecule has 212 valence electrons. The molecule has 37 heavy (non-hydrogen) atoms. The van der Waals surface area contributed by atoms with Crippen molar-refractivity contribution in [1.29, 1.82) is 0 Å². The molecule has 0 spiro atoms. The summed E-state index contributed by atoms with van der Waals surface area (Å²) >= 11 is 3.43. The molecule has 1 aliphatic heterocycles. The lowest BCUT2D eigenvalue weighted by Crippen LogP contribution is -2.75. The minimum absolute atomic E-state index is 0.122. The van der Waals surface area contributed by atoms with Crippen LogP contribution in [0.2, 0.25) is 0 Å². The van der Waals surface area contributed by atoms with E-state index in [4.69, 9.17) is 4.74 Å². The lowest BCUT2D eigenvalue weighted by Gasteiger charge is -2.42. The topological polar surface area (TPSA) is 47.6 Å². The average molecular weight is 600 g/mol. The van der Waals surface area contributed by atoms with Gasteiger partial charge in [-0.1, -0.05) is 0 Å². The number of nitrogens with one attached hydrogen (secondary N) is 1. The number of ether oxygens (including phenoxy) is 2. The van der Waals surface area contributed by atoms with Gasteiger partial charge in [0.15, 0.2) is 11.5 Å².